The first-order valence-electron chi connectivity index (χ1n) is 9.32. The SMILES string of the molecule is Cc1nn(C)c(C)c1CN1CCC[C@@H](C(=O)CCc2ccccc2)C1. The number of carbonyl (C=O) groups is 1. The summed E-state index contributed by atoms with van der Waals surface area (Å²) < 4.78 is 1.96. The molecule has 1 aromatic heterocycles. The molecule has 0 N–H and O–H groups in total. The van der Waals surface area contributed by atoms with Crippen LogP contribution in [0.2, 0.25) is 0 Å². The lowest BCUT2D eigenvalue weighted by atomic mass is 9.90. The Balaban J connectivity index is 1.56. The molecule has 134 valence electrons. The third-order valence-corrected chi connectivity index (χ3v) is 5.50. The molecule has 1 fully saturated rings. The highest BCUT2D eigenvalue weighted by atomic mass is 16.1. The van der Waals surface area contributed by atoms with Gasteiger partial charge in [0.15, 0.2) is 0 Å². The van der Waals surface area contributed by atoms with Gasteiger partial charge in [0.2, 0.25) is 0 Å². The molecular formula is C21H29N3O. The van der Waals surface area contributed by atoms with Crippen molar-refractivity contribution in [1.29, 1.82) is 0 Å². The van der Waals surface area contributed by atoms with Crippen LogP contribution in [0.15, 0.2) is 30.3 Å². The predicted molar refractivity (Wildman–Crippen MR) is 100 cm³/mol. The second kappa shape index (κ2) is 7.96. The van der Waals surface area contributed by atoms with Gasteiger partial charge in [-0.3, -0.25) is 14.4 Å². The molecule has 0 radical (unpaired) electrons. The average Bonchev–Trinajstić information content (AvgIpc) is 2.87. The van der Waals surface area contributed by atoms with Gasteiger partial charge in [0.25, 0.3) is 0 Å². The van der Waals surface area contributed by atoms with Crippen molar-refractivity contribution in [3.8, 4) is 0 Å². The van der Waals surface area contributed by atoms with Gasteiger partial charge in [-0.25, -0.2) is 0 Å². The molecule has 0 bridgehead atoms. The van der Waals surface area contributed by atoms with Crippen LogP contribution in [-0.2, 0) is 24.8 Å². The van der Waals surface area contributed by atoms with E-state index in [1.54, 1.807) is 0 Å². The van der Waals surface area contributed by atoms with E-state index in [9.17, 15) is 4.79 Å². The molecule has 2 aromatic rings. The number of rotatable bonds is 6. The molecule has 0 aliphatic carbocycles. The molecule has 1 saturated heterocycles. The molecule has 1 aliphatic heterocycles. The van der Waals surface area contributed by atoms with E-state index in [4.69, 9.17) is 0 Å². The molecule has 1 atom stereocenters. The maximum absolute atomic E-state index is 12.7. The zero-order valence-corrected chi connectivity index (χ0v) is 15.7. The molecule has 0 amide bonds. The standard InChI is InChI=1S/C21H29N3O/c1-16-20(17(2)23(3)22-16)15-24-13-7-10-19(14-24)21(25)12-11-18-8-5-4-6-9-18/h4-6,8-9,19H,7,10-15H2,1-3H3/t19-/m1/s1. The van der Waals surface area contributed by atoms with E-state index < -0.39 is 0 Å². The van der Waals surface area contributed by atoms with Gasteiger partial charge in [0.05, 0.1) is 5.69 Å². The minimum Gasteiger partial charge on any atom is -0.299 e. The smallest absolute Gasteiger partial charge is 0.137 e. The van der Waals surface area contributed by atoms with Gasteiger partial charge in [0.1, 0.15) is 5.78 Å². The summed E-state index contributed by atoms with van der Waals surface area (Å²) in [5.41, 5.74) is 4.91. The number of nitrogens with zero attached hydrogens (tertiary/aromatic N) is 3. The minimum absolute atomic E-state index is 0.190. The maximum atomic E-state index is 12.7. The first-order chi connectivity index (χ1) is 12.0. The van der Waals surface area contributed by atoms with E-state index in [-0.39, 0.29) is 5.92 Å². The normalized spacial score (nSPS) is 18.4. The van der Waals surface area contributed by atoms with Crippen molar-refractivity contribution >= 4 is 5.78 Å². The van der Waals surface area contributed by atoms with Gasteiger partial charge in [-0.05, 0) is 45.2 Å². The average molecular weight is 339 g/mol. The number of ketones is 1. The highest BCUT2D eigenvalue weighted by Gasteiger charge is 2.26. The van der Waals surface area contributed by atoms with E-state index in [1.165, 1.54) is 16.8 Å². The van der Waals surface area contributed by atoms with Gasteiger partial charge in [0, 0.05) is 43.7 Å². The zero-order chi connectivity index (χ0) is 17.8. The van der Waals surface area contributed by atoms with Crippen molar-refractivity contribution in [3.63, 3.8) is 0 Å². The largest absolute Gasteiger partial charge is 0.299 e. The molecule has 2 heterocycles. The van der Waals surface area contributed by atoms with Crippen LogP contribution >= 0.6 is 0 Å². The topological polar surface area (TPSA) is 38.1 Å². The summed E-state index contributed by atoms with van der Waals surface area (Å²) in [5, 5.41) is 4.52. The summed E-state index contributed by atoms with van der Waals surface area (Å²) in [6.45, 7) is 7.09. The molecule has 1 aromatic carbocycles. The number of hydrogen-bond acceptors (Lipinski definition) is 3. The Morgan fingerprint density at radius 3 is 2.68 bits per heavy atom. The van der Waals surface area contributed by atoms with Gasteiger partial charge in [-0.2, -0.15) is 5.10 Å². The lowest BCUT2D eigenvalue weighted by Crippen LogP contribution is -2.38. The van der Waals surface area contributed by atoms with Crippen LogP contribution < -0.4 is 0 Å². The van der Waals surface area contributed by atoms with Crippen LogP contribution in [0.1, 0.15) is 41.8 Å². The van der Waals surface area contributed by atoms with E-state index in [2.05, 4.69) is 36.0 Å². The fraction of sp³-hybridized carbons (Fsp3) is 0.524. The third kappa shape index (κ3) is 4.37. The number of carbonyl (C=O) groups excluding carboxylic acids is 1. The molecule has 4 nitrogen and oxygen atoms in total. The summed E-state index contributed by atoms with van der Waals surface area (Å²) in [5.74, 6) is 0.614. The fourth-order valence-corrected chi connectivity index (χ4v) is 3.85. The molecular weight excluding hydrogens is 310 g/mol. The van der Waals surface area contributed by atoms with E-state index in [0.29, 0.717) is 12.2 Å². The number of Topliss-reactive ketones (excluding diaryl/α,β-unsaturated/α-hetero) is 1. The van der Waals surface area contributed by atoms with Crippen molar-refractivity contribution in [3.05, 3.63) is 52.8 Å². The molecule has 4 heteroatoms. The number of aromatic nitrogens is 2. The Kier molecular flexibility index (Phi) is 5.69. The van der Waals surface area contributed by atoms with Gasteiger partial charge in [-0.1, -0.05) is 30.3 Å². The van der Waals surface area contributed by atoms with Crippen molar-refractivity contribution in [1.82, 2.24) is 14.7 Å². The number of aryl methyl sites for hydroxylation is 3. The summed E-state index contributed by atoms with van der Waals surface area (Å²) in [4.78, 5) is 15.1. The Bertz CT molecular complexity index is 720. The molecule has 1 aliphatic rings. The molecule has 25 heavy (non-hydrogen) atoms. The summed E-state index contributed by atoms with van der Waals surface area (Å²) in [6, 6.07) is 10.3. The Morgan fingerprint density at radius 2 is 2.00 bits per heavy atom. The lowest BCUT2D eigenvalue weighted by molar-refractivity contribution is -0.124. The predicted octanol–water partition coefficient (Wildman–Crippen LogP) is 3.45. The summed E-state index contributed by atoms with van der Waals surface area (Å²) >= 11 is 0. The van der Waals surface area contributed by atoms with E-state index in [1.807, 2.05) is 29.9 Å². The summed E-state index contributed by atoms with van der Waals surface area (Å²) in [7, 11) is 2.00. The first-order valence-corrected chi connectivity index (χ1v) is 9.32. The molecule has 0 spiro atoms. The van der Waals surface area contributed by atoms with Crippen LogP contribution in [0.5, 0.6) is 0 Å². The highest BCUT2D eigenvalue weighted by Crippen LogP contribution is 2.23. The number of hydrogen-bond donors (Lipinski definition) is 0. The molecule has 0 unspecified atom stereocenters. The van der Waals surface area contributed by atoms with Gasteiger partial charge < -0.3 is 0 Å². The Morgan fingerprint density at radius 1 is 1.24 bits per heavy atom. The van der Waals surface area contributed by atoms with Crippen LogP contribution in [0, 0.1) is 19.8 Å². The number of benzene rings is 1. The zero-order valence-electron chi connectivity index (χ0n) is 15.7. The van der Waals surface area contributed by atoms with Crippen molar-refractivity contribution in [2.45, 2.75) is 46.1 Å². The van der Waals surface area contributed by atoms with Gasteiger partial charge >= 0.3 is 0 Å². The third-order valence-electron chi connectivity index (χ3n) is 5.50. The first kappa shape index (κ1) is 17.9. The van der Waals surface area contributed by atoms with Gasteiger partial charge in [-0.15, -0.1) is 0 Å². The monoisotopic (exact) mass is 339 g/mol. The maximum Gasteiger partial charge on any atom is 0.137 e. The number of piperidine rings is 1. The quantitative estimate of drug-likeness (QED) is 0.809. The van der Waals surface area contributed by atoms with Crippen LogP contribution in [0.3, 0.4) is 0 Å². The van der Waals surface area contributed by atoms with E-state index in [0.717, 1.165) is 44.6 Å². The Hall–Kier alpha value is -1.94. The van der Waals surface area contributed by atoms with Crippen LogP contribution in [0.25, 0.3) is 0 Å². The van der Waals surface area contributed by atoms with Crippen molar-refractivity contribution < 1.29 is 4.79 Å². The molecule has 3 rings (SSSR count). The number of likely N-dealkylation sites (tertiary alicyclic amines) is 1. The second-order valence-corrected chi connectivity index (χ2v) is 7.30. The van der Waals surface area contributed by atoms with Crippen molar-refractivity contribution in [2.75, 3.05) is 13.1 Å². The highest BCUT2D eigenvalue weighted by molar-refractivity contribution is 5.81. The van der Waals surface area contributed by atoms with Crippen LogP contribution in [-0.4, -0.2) is 33.6 Å². The fourth-order valence-electron chi connectivity index (χ4n) is 3.85. The van der Waals surface area contributed by atoms with Crippen molar-refractivity contribution in [2.24, 2.45) is 13.0 Å². The van der Waals surface area contributed by atoms with E-state index >= 15 is 0 Å². The lowest BCUT2D eigenvalue weighted by Gasteiger charge is -2.32. The Labute approximate surface area is 150 Å². The molecule has 0 saturated carbocycles. The van der Waals surface area contributed by atoms with Crippen LogP contribution in [0.4, 0.5) is 0 Å². The second-order valence-electron chi connectivity index (χ2n) is 7.30. The minimum atomic E-state index is 0.190. The summed E-state index contributed by atoms with van der Waals surface area (Å²) in [6.07, 6.45) is 3.67.